The van der Waals surface area contributed by atoms with Crippen LogP contribution in [0.4, 0.5) is 4.39 Å². The first-order chi connectivity index (χ1) is 15.7. The highest BCUT2D eigenvalue weighted by molar-refractivity contribution is 5.90. The van der Waals surface area contributed by atoms with Crippen molar-refractivity contribution in [2.24, 2.45) is 0 Å². The van der Waals surface area contributed by atoms with Gasteiger partial charge in [0, 0.05) is 37.3 Å². The van der Waals surface area contributed by atoms with E-state index in [-0.39, 0.29) is 11.8 Å². The standard InChI is InChI=1S/C21H15FN8O2/c22-13-4-2-7-30-16(13)9-15(28-30)18-17-14(24-11-25-17)5-8-29(18)21(31)20-27-26-19(32-20)12-3-1-6-23-10-12/h1-4,6-7,9-11,18H,5,8H2,(H,24,25). The van der Waals surface area contributed by atoms with Crippen LogP contribution in [-0.2, 0) is 6.42 Å². The van der Waals surface area contributed by atoms with Crippen molar-refractivity contribution >= 4 is 11.4 Å². The van der Waals surface area contributed by atoms with E-state index in [2.05, 4.69) is 30.2 Å². The van der Waals surface area contributed by atoms with Gasteiger partial charge in [-0.1, -0.05) is 0 Å². The molecule has 32 heavy (non-hydrogen) atoms. The van der Waals surface area contributed by atoms with E-state index in [1.54, 1.807) is 54.1 Å². The summed E-state index contributed by atoms with van der Waals surface area (Å²) in [5.41, 5.74) is 2.97. The Kier molecular flexibility index (Phi) is 4.06. The summed E-state index contributed by atoms with van der Waals surface area (Å²) in [6.45, 7) is 0.375. The van der Waals surface area contributed by atoms with E-state index >= 15 is 0 Å². The monoisotopic (exact) mass is 430 g/mol. The number of aromatic amines is 1. The lowest BCUT2D eigenvalue weighted by atomic mass is 9.99. The number of hydrogen-bond acceptors (Lipinski definition) is 7. The van der Waals surface area contributed by atoms with E-state index in [0.29, 0.717) is 35.4 Å². The summed E-state index contributed by atoms with van der Waals surface area (Å²) in [5, 5.41) is 12.4. The highest BCUT2D eigenvalue weighted by Gasteiger charge is 2.38. The molecule has 0 aliphatic carbocycles. The molecule has 1 N–H and O–H groups in total. The molecule has 5 aromatic heterocycles. The number of carbonyl (C=O) groups excluding carboxylic acids is 1. The molecular weight excluding hydrogens is 415 g/mol. The summed E-state index contributed by atoms with van der Waals surface area (Å²) in [7, 11) is 0. The number of nitrogens with one attached hydrogen (secondary N) is 1. The zero-order chi connectivity index (χ0) is 21.7. The van der Waals surface area contributed by atoms with Crippen LogP contribution in [0, 0.1) is 5.82 Å². The Labute approximate surface area is 179 Å². The van der Waals surface area contributed by atoms with Gasteiger partial charge in [-0.05, 0) is 30.3 Å². The van der Waals surface area contributed by atoms with Crippen molar-refractivity contribution in [2.75, 3.05) is 6.54 Å². The van der Waals surface area contributed by atoms with Gasteiger partial charge in [0.25, 0.3) is 0 Å². The number of H-pyrrole nitrogens is 1. The Morgan fingerprint density at radius 3 is 3.03 bits per heavy atom. The third-order valence-electron chi connectivity index (χ3n) is 5.45. The average molecular weight is 430 g/mol. The zero-order valence-corrected chi connectivity index (χ0v) is 16.5. The quantitative estimate of drug-likeness (QED) is 0.467. The van der Waals surface area contributed by atoms with E-state index in [9.17, 15) is 9.18 Å². The van der Waals surface area contributed by atoms with Gasteiger partial charge in [0.05, 0.1) is 23.3 Å². The number of amides is 1. The van der Waals surface area contributed by atoms with E-state index in [0.717, 1.165) is 5.69 Å². The van der Waals surface area contributed by atoms with E-state index < -0.39 is 17.8 Å². The highest BCUT2D eigenvalue weighted by Crippen LogP contribution is 2.34. The molecule has 6 rings (SSSR count). The molecule has 0 spiro atoms. The van der Waals surface area contributed by atoms with Crippen molar-refractivity contribution in [3.8, 4) is 11.5 Å². The lowest BCUT2D eigenvalue weighted by Gasteiger charge is -2.32. The number of fused-ring (bicyclic) bond motifs is 2. The molecule has 1 amide bonds. The van der Waals surface area contributed by atoms with Gasteiger partial charge in [-0.3, -0.25) is 9.78 Å². The lowest BCUT2D eigenvalue weighted by Crippen LogP contribution is -2.41. The molecule has 0 fully saturated rings. The summed E-state index contributed by atoms with van der Waals surface area (Å²) >= 11 is 0. The van der Waals surface area contributed by atoms with Crippen LogP contribution in [0.2, 0.25) is 0 Å². The minimum Gasteiger partial charge on any atom is -0.412 e. The van der Waals surface area contributed by atoms with Crippen molar-refractivity contribution in [1.29, 1.82) is 0 Å². The zero-order valence-electron chi connectivity index (χ0n) is 16.5. The highest BCUT2D eigenvalue weighted by atomic mass is 19.1. The van der Waals surface area contributed by atoms with Crippen molar-refractivity contribution in [3.05, 3.63) is 84.0 Å². The molecule has 0 radical (unpaired) electrons. The van der Waals surface area contributed by atoms with E-state index in [1.165, 1.54) is 10.6 Å². The number of imidazole rings is 1. The molecule has 0 saturated carbocycles. The third-order valence-corrected chi connectivity index (χ3v) is 5.45. The molecule has 0 aromatic carbocycles. The van der Waals surface area contributed by atoms with Crippen molar-refractivity contribution in [1.82, 2.24) is 39.7 Å². The molecule has 10 nitrogen and oxygen atoms in total. The molecule has 5 aromatic rings. The van der Waals surface area contributed by atoms with Crippen molar-refractivity contribution < 1.29 is 13.6 Å². The molecular formula is C21H15FN8O2. The van der Waals surface area contributed by atoms with Crippen LogP contribution in [0.15, 0.2) is 59.7 Å². The predicted molar refractivity (Wildman–Crippen MR) is 108 cm³/mol. The first-order valence-electron chi connectivity index (χ1n) is 9.90. The second-order valence-electron chi connectivity index (χ2n) is 7.33. The van der Waals surface area contributed by atoms with Crippen LogP contribution in [0.25, 0.3) is 17.0 Å². The van der Waals surface area contributed by atoms with Gasteiger partial charge in [-0.2, -0.15) is 5.10 Å². The molecule has 0 bridgehead atoms. The molecule has 1 aliphatic heterocycles. The normalized spacial score (nSPS) is 15.8. The van der Waals surface area contributed by atoms with Gasteiger partial charge in [0.2, 0.25) is 5.89 Å². The molecule has 11 heteroatoms. The Bertz CT molecular complexity index is 1440. The number of aromatic nitrogens is 7. The number of rotatable bonds is 3. The Morgan fingerprint density at radius 2 is 2.19 bits per heavy atom. The van der Waals surface area contributed by atoms with Gasteiger partial charge in [0.15, 0.2) is 0 Å². The SMILES string of the molecule is O=C(c1nnc(-c2cccnc2)o1)N1CCc2[nH]cnc2C1c1cc2c(F)cccn2n1. The first-order valence-corrected chi connectivity index (χ1v) is 9.90. The molecule has 1 atom stereocenters. The van der Waals surface area contributed by atoms with Crippen LogP contribution >= 0.6 is 0 Å². The van der Waals surface area contributed by atoms with Crippen LogP contribution in [0.3, 0.4) is 0 Å². The van der Waals surface area contributed by atoms with Crippen LogP contribution in [0.5, 0.6) is 0 Å². The van der Waals surface area contributed by atoms with Crippen molar-refractivity contribution in [2.45, 2.75) is 12.5 Å². The van der Waals surface area contributed by atoms with Gasteiger partial charge < -0.3 is 14.3 Å². The summed E-state index contributed by atoms with van der Waals surface area (Å²) in [6.07, 6.45) is 7.01. The molecule has 1 unspecified atom stereocenters. The van der Waals surface area contributed by atoms with Crippen LogP contribution in [-0.4, -0.2) is 52.1 Å². The summed E-state index contributed by atoms with van der Waals surface area (Å²) < 4.78 is 21.4. The number of nitrogens with zero attached hydrogens (tertiary/aromatic N) is 7. The second-order valence-corrected chi connectivity index (χ2v) is 7.33. The van der Waals surface area contributed by atoms with Crippen LogP contribution < -0.4 is 0 Å². The fourth-order valence-corrected chi connectivity index (χ4v) is 3.97. The summed E-state index contributed by atoms with van der Waals surface area (Å²) in [6, 6.07) is 7.43. The van der Waals surface area contributed by atoms with Crippen molar-refractivity contribution in [3.63, 3.8) is 0 Å². The topological polar surface area (TPSA) is 118 Å². The largest absolute Gasteiger partial charge is 0.412 e. The van der Waals surface area contributed by atoms with Gasteiger partial charge in [-0.25, -0.2) is 13.9 Å². The van der Waals surface area contributed by atoms with E-state index in [4.69, 9.17) is 4.42 Å². The first kappa shape index (κ1) is 18.4. The molecule has 1 aliphatic rings. The van der Waals surface area contributed by atoms with E-state index in [1.807, 2.05) is 0 Å². The van der Waals surface area contributed by atoms with Gasteiger partial charge in [-0.15, -0.1) is 10.2 Å². The molecule has 6 heterocycles. The third kappa shape index (κ3) is 2.86. The minimum absolute atomic E-state index is 0.150. The minimum atomic E-state index is -0.634. The maximum atomic E-state index is 14.3. The lowest BCUT2D eigenvalue weighted by molar-refractivity contribution is 0.0646. The van der Waals surface area contributed by atoms with Gasteiger partial charge >= 0.3 is 11.8 Å². The smallest absolute Gasteiger partial charge is 0.312 e. The summed E-state index contributed by atoms with van der Waals surface area (Å²) in [5.74, 6) is -0.808. The Hall–Kier alpha value is -4.41. The number of hydrogen-bond donors (Lipinski definition) is 1. The maximum Gasteiger partial charge on any atom is 0.312 e. The van der Waals surface area contributed by atoms with Gasteiger partial charge in [0.1, 0.15) is 17.4 Å². The van der Waals surface area contributed by atoms with Crippen LogP contribution in [0.1, 0.15) is 33.8 Å². The fraction of sp³-hybridized carbons (Fsp3) is 0.143. The molecule has 0 saturated heterocycles. The Morgan fingerprint density at radius 1 is 1.25 bits per heavy atom. The maximum absolute atomic E-state index is 14.3. The average Bonchev–Trinajstić information content (AvgIpc) is 3.58. The molecule has 158 valence electrons. The number of pyridine rings is 2. The second kappa shape index (κ2) is 7.08. The fourth-order valence-electron chi connectivity index (χ4n) is 3.97. The number of halogens is 1. The number of carbonyl (C=O) groups is 1. The summed E-state index contributed by atoms with van der Waals surface area (Å²) in [4.78, 5) is 26.5. The predicted octanol–water partition coefficient (Wildman–Crippen LogP) is 2.43. The Balaban J connectivity index is 1.41.